The van der Waals surface area contributed by atoms with Gasteiger partial charge in [0.1, 0.15) is 0 Å². The molecule has 0 saturated carbocycles. The average Bonchev–Trinajstić information content (AvgIpc) is 2.03. The molecule has 3 nitrogen and oxygen atoms in total. The van der Waals surface area contributed by atoms with Crippen molar-refractivity contribution >= 4 is 5.91 Å². The van der Waals surface area contributed by atoms with E-state index in [1.54, 1.807) is 19.0 Å². The number of amides is 1. The van der Waals surface area contributed by atoms with Gasteiger partial charge in [0.05, 0.1) is 0 Å². The summed E-state index contributed by atoms with van der Waals surface area (Å²) in [4.78, 5) is 12.9. The summed E-state index contributed by atoms with van der Waals surface area (Å²) in [7, 11) is 3.54. The van der Waals surface area contributed by atoms with Crippen LogP contribution in [0.2, 0.25) is 0 Å². The highest BCUT2D eigenvalue weighted by Crippen LogP contribution is 1.96. The zero-order valence-electron chi connectivity index (χ0n) is 9.00. The molecular weight excluding hydrogens is 164 g/mol. The van der Waals surface area contributed by atoms with Crippen LogP contribution in [0.5, 0.6) is 0 Å². The van der Waals surface area contributed by atoms with Crippen LogP contribution in [0.15, 0.2) is 12.7 Å². The first-order valence-corrected chi connectivity index (χ1v) is 4.56. The van der Waals surface area contributed by atoms with E-state index in [2.05, 4.69) is 11.9 Å². The fourth-order valence-electron chi connectivity index (χ4n) is 1.02. The van der Waals surface area contributed by atoms with Crippen LogP contribution in [0, 0.1) is 0 Å². The minimum atomic E-state index is 0.149. The van der Waals surface area contributed by atoms with Gasteiger partial charge in [-0.25, -0.2) is 0 Å². The first-order valence-electron chi connectivity index (χ1n) is 4.56. The molecule has 1 amide bonds. The first-order chi connectivity index (χ1) is 5.97. The highest BCUT2D eigenvalue weighted by Gasteiger charge is 2.11. The maximum Gasteiger partial charge on any atom is 0.223 e. The van der Waals surface area contributed by atoms with Crippen molar-refractivity contribution in [3.8, 4) is 0 Å². The summed E-state index contributed by atoms with van der Waals surface area (Å²) >= 11 is 0. The van der Waals surface area contributed by atoms with Gasteiger partial charge < -0.3 is 10.2 Å². The second-order valence-corrected chi connectivity index (χ2v) is 3.58. The van der Waals surface area contributed by atoms with Crippen LogP contribution in [0.4, 0.5) is 0 Å². The molecule has 2 unspecified atom stereocenters. The number of hydrogen-bond donors (Lipinski definition) is 1. The van der Waals surface area contributed by atoms with Crippen LogP contribution in [-0.2, 0) is 4.79 Å². The van der Waals surface area contributed by atoms with Crippen molar-refractivity contribution in [3.63, 3.8) is 0 Å². The van der Waals surface area contributed by atoms with E-state index in [0.29, 0.717) is 6.42 Å². The molecule has 0 aliphatic rings. The fourth-order valence-corrected chi connectivity index (χ4v) is 1.02. The summed E-state index contributed by atoms with van der Waals surface area (Å²) in [5, 5.41) is 3.25. The van der Waals surface area contributed by atoms with Gasteiger partial charge in [0.2, 0.25) is 5.91 Å². The van der Waals surface area contributed by atoms with Crippen molar-refractivity contribution in [2.75, 3.05) is 14.1 Å². The molecule has 0 aromatic rings. The fraction of sp³-hybridized carbons (Fsp3) is 0.700. The van der Waals surface area contributed by atoms with Crippen LogP contribution >= 0.6 is 0 Å². The highest BCUT2D eigenvalue weighted by molar-refractivity contribution is 5.76. The quantitative estimate of drug-likeness (QED) is 0.647. The molecule has 13 heavy (non-hydrogen) atoms. The number of nitrogens with zero attached hydrogens (tertiary/aromatic N) is 1. The molecule has 0 aliphatic carbocycles. The Hall–Kier alpha value is -0.830. The van der Waals surface area contributed by atoms with Gasteiger partial charge in [-0.3, -0.25) is 4.79 Å². The summed E-state index contributed by atoms with van der Waals surface area (Å²) in [6.45, 7) is 7.69. The molecule has 2 atom stereocenters. The SMILES string of the molecule is C=CC(C)NC(C)CC(=O)N(C)C. The maximum absolute atomic E-state index is 11.3. The molecule has 3 heteroatoms. The number of nitrogens with one attached hydrogen (secondary N) is 1. The zero-order valence-corrected chi connectivity index (χ0v) is 9.00. The van der Waals surface area contributed by atoms with Crippen LogP contribution in [-0.4, -0.2) is 37.0 Å². The molecule has 0 saturated heterocycles. The lowest BCUT2D eigenvalue weighted by atomic mass is 10.2. The van der Waals surface area contributed by atoms with Crippen molar-refractivity contribution in [3.05, 3.63) is 12.7 Å². The van der Waals surface area contributed by atoms with E-state index in [1.165, 1.54) is 0 Å². The van der Waals surface area contributed by atoms with E-state index >= 15 is 0 Å². The molecule has 0 heterocycles. The van der Waals surface area contributed by atoms with Gasteiger partial charge in [0.25, 0.3) is 0 Å². The summed E-state index contributed by atoms with van der Waals surface area (Å²) < 4.78 is 0. The molecule has 0 radical (unpaired) electrons. The highest BCUT2D eigenvalue weighted by atomic mass is 16.2. The monoisotopic (exact) mass is 184 g/mol. The minimum absolute atomic E-state index is 0.149. The van der Waals surface area contributed by atoms with E-state index in [4.69, 9.17) is 0 Å². The van der Waals surface area contributed by atoms with Gasteiger partial charge in [-0.1, -0.05) is 6.08 Å². The zero-order chi connectivity index (χ0) is 10.4. The second-order valence-electron chi connectivity index (χ2n) is 3.58. The van der Waals surface area contributed by atoms with Crippen molar-refractivity contribution in [1.29, 1.82) is 0 Å². The summed E-state index contributed by atoms with van der Waals surface area (Å²) in [5.74, 6) is 0.149. The molecule has 0 rings (SSSR count). The van der Waals surface area contributed by atoms with E-state index in [1.807, 2.05) is 19.9 Å². The lowest BCUT2D eigenvalue weighted by molar-refractivity contribution is -0.129. The standard InChI is InChI=1S/C10H20N2O/c1-6-8(2)11-9(3)7-10(13)12(4)5/h6,8-9,11H,1,7H2,2-5H3. The summed E-state index contributed by atoms with van der Waals surface area (Å²) in [6.07, 6.45) is 2.36. The second kappa shape index (κ2) is 5.75. The van der Waals surface area contributed by atoms with E-state index in [-0.39, 0.29) is 18.0 Å². The van der Waals surface area contributed by atoms with Gasteiger partial charge in [-0.15, -0.1) is 6.58 Å². The minimum Gasteiger partial charge on any atom is -0.349 e. The Morgan fingerprint density at radius 2 is 2.08 bits per heavy atom. The molecule has 0 aromatic carbocycles. The molecule has 0 spiro atoms. The molecule has 1 N–H and O–H groups in total. The first kappa shape index (κ1) is 12.2. The van der Waals surface area contributed by atoms with Gasteiger partial charge in [-0.05, 0) is 13.8 Å². The van der Waals surface area contributed by atoms with E-state index < -0.39 is 0 Å². The topological polar surface area (TPSA) is 32.3 Å². The van der Waals surface area contributed by atoms with Gasteiger partial charge in [-0.2, -0.15) is 0 Å². The van der Waals surface area contributed by atoms with Crippen LogP contribution in [0.25, 0.3) is 0 Å². The lowest BCUT2D eigenvalue weighted by Gasteiger charge is -2.18. The smallest absolute Gasteiger partial charge is 0.223 e. The van der Waals surface area contributed by atoms with Crippen molar-refractivity contribution in [2.24, 2.45) is 0 Å². The Morgan fingerprint density at radius 3 is 2.46 bits per heavy atom. The summed E-state index contributed by atoms with van der Waals surface area (Å²) in [5.41, 5.74) is 0. The summed E-state index contributed by atoms with van der Waals surface area (Å²) in [6, 6.07) is 0.452. The Labute approximate surface area is 80.8 Å². The van der Waals surface area contributed by atoms with Crippen molar-refractivity contribution < 1.29 is 4.79 Å². The Kier molecular flexibility index (Phi) is 5.39. The number of rotatable bonds is 5. The van der Waals surface area contributed by atoms with E-state index in [0.717, 1.165) is 0 Å². The normalized spacial score (nSPS) is 14.8. The third kappa shape index (κ3) is 5.42. The predicted molar refractivity (Wildman–Crippen MR) is 55.6 cm³/mol. The van der Waals surface area contributed by atoms with E-state index in [9.17, 15) is 4.79 Å². The third-order valence-electron chi connectivity index (χ3n) is 1.88. The number of carbonyl (C=O) groups excluding carboxylic acids is 1. The van der Waals surface area contributed by atoms with Crippen LogP contribution in [0.1, 0.15) is 20.3 Å². The molecule has 0 bridgehead atoms. The Bertz CT molecular complexity index is 178. The lowest BCUT2D eigenvalue weighted by Crippen LogP contribution is -2.37. The molecule has 0 aliphatic heterocycles. The van der Waals surface area contributed by atoms with Crippen molar-refractivity contribution in [2.45, 2.75) is 32.4 Å². The Morgan fingerprint density at radius 1 is 1.54 bits per heavy atom. The molecule has 0 fully saturated rings. The number of carbonyl (C=O) groups is 1. The van der Waals surface area contributed by atoms with Crippen molar-refractivity contribution in [1.82, 2.24) is 10.2 Å². The van der Waals surface area contributed by atoms with Crippen LogP contribution < -0.4 is 5.32 Å². The molecular formula is C10H20N2O. The van der Waals surface area contributed by atoms with Gasteiger partial charge >= 0.3 is 0 Å². The third-order valence-corrected chi connectivity index (χ3v) is 1.88. The van der Waals surface area contributed by atoms with Crippen LogP contribution in [0.3, 0.4) is 0 Å². The van der Waals surface area contributed by atoms with Gasteiger partial charge in [0.15, 0.2) is 0 Å². The molecule has 76 valence electrons. The van der Waals surface area contributed by atoms with Gasteiger partial charge in [0, 0.05) is 32.6 Å². The Balaban J connectivity index is 3.80. The largest absolute Gasteiger partial charge is 0.349 e. The maximum atomic E-state index is 11.3. The average molecular weight is 184 g/mol. The molecule has 0 aromatic heterocycles. The predicted octanol–water partition coefficient (Wildman–Crippen LogP) is 1.02. The number of hydrogen-bond acceptors (Lipinski definition) is 2.